The molecule has 1 aromatic heterocycles. The normalized spacial score (nSPS) is 27.2. The van der Waals surface area contributed by atoms with Gasteiger partial charge in [0.05, 0.1) is 17.3 Å². The number of rotatable bonds is 2. The van der Waals surface area contributed by atoms with Crippen LogP contribution in [0, 0.1) is 11.8 Å². The first-order chi connectivity index (χ1) is 9.28. The van der Waals surface area contributed by atoms with Gasteiger partial charge in [0, 0.05) is 13.1 Å². The van der Waals surface area contributed by atoms with Crippen molar-refractivity contribution >= 4 is 17.4 Å². The molecule has 1 N–H and O–H groups in total. The fourth-order valence-electron chi connectivity index (χ4n) is 3.57. The molecule has 0 spiro atoms. The zero-order chi connectivity index (χ0) is 13.2. The van der Waals surface area contributed by atoms with Gasteiger partial charge in [0.15, 0.2) is 0 Å². The van der Waals surface area contributed by atoms with Crippen molar-refractivity contribution in [2.24, 2.45) is 11.8 Å². The maximum absolute atomic E-state index is 9.26. The van der Waals surface area contributed by atoms with Crippen molar-refractivity contribution in [1.82, 2.24) is 4.98 Å². The molecule has 104 valence electrons. The van der Waals surface area contributed by atoms with Crippen LogP contribution in [0.5, 0.6) is 0 Å². The van der Waals surface area contributed by atoms with Crippen molar-refractivity contribution in [1.29, 1.82) is 0 Å². The molecule has 1 saturated carbocycles. The average Bonchev–Trinajstić information content (AvgIpc) is 2.47. The van der Waals surface area contributed by atoms with E-state index in [4.69, 9.17) is 11.6 Å². The highest BCUT2D eigenvalue weighted by atomic mass is 35.5. The molecule has 1 aliphatic carbocycles. The third-order valence-electron chi connectivity index (χ3n) is 4.67. The summed E-state index contributed by atoms with van der Waals surface area (Å²) in [7, 11) is 0. The van der Waals surface area contributed by atoms with Gasteiger partial charge in [-0.1, -0.05) is 30.9 Å². The van der Waals surface area contributed by atoms with Crippen molar-refractivity contribution in [3.05, 3.63) is 22.8 Å². The van der Waals surface area contributed by atoms with Crippen LogP contribution < -0.4 is 4.90 Å². The second kappa shape index (κ2) is 5.68. The Hall–Kier alpha value is -0.800. The lowest BCUT2D eigenvalue weighted by atomic mass is 9.75. The van der Waals surface area contributed by atoms with Gasteiger partial charge in [0.25, 0.3) is 0 Å². The first-order valence-corrected chi connectivity index (χ1v) is 7.67. The minimum absolute atomic E-state index is 0.0907. The molecule has 0 amide bonds. The SMILES string of the molecule is OCc1nc(N2CCC3CCCCC3C2)ccc1Cl. The number of anilines is 1. The lowest BCUT2D eigenvalue weighted by Crippen LogP contribution is -2.42. The highest BCUT2D eigenvalue weighted by Crippen LogP contribution is 2.37. The van der Waals surface area contributed by atoms with Crippen LogP contribution in [0.3, 0.4) is 0 Å². The largest absolute Gasteiger partial charge is 0.390 e. The lowest BCUT2D eigenvalue weighted by Gasteiger charge is -2.41. The van der Waals surface area contributed by atoms with Crippen molar-refractivity contribution in [2.75, 3.05) is 18.0 Å². The molecule has 1 aromatic rings. The summed E-state index contributed by atoms with van der Waals surface area (Å²) in [5, 5.41) is 9.82. The van der Waals surface area contributed by atoms with E-state index >= 15 is 0 Å². The smallest absolute Gasteiger partial charge is 0.129 e. The Bertz CT molecular complexity index is 452. The number of pyridine rings is 1. The van der Waals surface area contributed by atoms with Gasteiger partial charge >= 0.3 is 0 Å². The summed E-state index contributed by atoms with van der Waals surface area (Å²) in [5.74, 6) is 2.73. The van der Waals surface area contributed by atoms with E-state index in [9.17, 15) is 5.11 Å². The number of halogens is 1. The summed E-state index contributed by atoms with van der Waals surface area (Å²) in [6.07, 6.45) is 6.85. The summed E-state index contributed by atoms with van der Waals surface area (Å²) < 4.78 is 0. The van der Waals surface area contributed by atoms with Crippen LogP contribution in [0.15, 0.2) is 12.1 Å². The fourth-order valence-corrected chi connectivity index (χ4v) is 3.73. The monoisotopic (exact) mass is 280 g/mol. The van der Waals surface area contributed by atoms with Crippen LogP contribution in [-0.2, 0) is 6.61 Å². The molecule has 1 aliphatic heterocycles. The van der Waals surface area contributed by atoms with Crippen LogP contribution in [0.2, 0.25) is 5.02 Å². The Morgan fingerprint density at radius 1 is 1.21 bits per heavy atom. The van der Waals surface area contributed by atoms with Crippen LogP contribution in [0.25, 0.3) is 0 Å². The maximum Gasteiger partial charge on any atom is 0.129 e. The second-order valence-electron chi connectivity index (χ2n) is 5.80. The van der Waals surface area contributed by atoms with E-state index in [0.717, 1.165) is 30.7 Å². The zero-order valence-corrected chi connectivity index (χ0v) is 11.9. The van der Waals surface area contributed by atoms with Gasteiger partial charge in [0.2, 0.25) is 0 Å². The molecule has 3 nitrogen and oxygen atoms in total. The Labute approximate surface area is 119 Å². The molecule has 3 rings (SSSR count). The Morgan fingerprint density at radius 2 is 2.00 bits per heavy atom. The Balaban J connectivity index is 1.75. The quantitative estimate of drug-likeness (QED) is 0.903. The predicted molar refractivity (Wildman–Crippen MR) is 77.4 cm³/mol. The van der Waals surface area contributed by atoms with E-state index in [1.165, 1.54) is 32.1 Å². The van der Waals surface area contributed by atoms with Gasteiger partial charge in [-0.3, -0.25) is 0 Å². The van der Waals surface area contributed by atoms with Crippen LogP contribution in [-0.4, -0.2) is 23.2 Å². The number of aliphatic hydroxyl groups is 1. The minimum Gasteiger partial charge on any atom is -0.390 e. The first kappa shape index (κ1) is 13.2. The molecule has 19 heavy (non-hydrogen) atoms. The van der Waals surface area contributed by atoms with Gasteiger partial charge in [0.1, 0.15) is 5.82 Å². The molecule has 0 bridgehead atoms. The van der Waals surface area contributed by atoms with Crippen LogP contribution in [0.4, 0.5) is 5.82 Å². The van der Waals surface area contributed by atoms with Crippen molar-refractivity contribution < 1.29 is 5.11 Å². The third-order valence-corrected chi connectivity index (χ3v) is 5.01. The molecule has 2 fully saturated rings. The van der Waals surface area contributed by atoms with Gasteiger partial charge in [-0.05, 0) is 36.8 Å². The number of hydrogen-bond donors (Lipinski definition) is 1. The second-order valence-corrected chi connectivity index (χ2v) is 6.20. The highest BCUT2D eigenvalue weighted by Gasteiger charge is 2.31. The molecule has 0 radical (unpaired) electrons. The number of aliphatic hydroxyl groups excluding tert-OH is 1. The number of fused-ring (bicyclic) bond motifs is 1. The van der Waals surface area contributed by atoms with E-state index in [1.807, 2.05) is 12.1 Å². The van der Waals surface area contributed by atoms with Crippen LogP contribution in [0.1, 0.15) is 37.8 Å². The number of aromatic nitrogens is 1. The molecule has 2 heterocycles. The van der Waals surface area contributed by atoms with E-state index in [1.54, 1.807) is 0 Å². The van der Waals surface area contributed by atoms with Crippen molar-refractivity contribution in [3.63, 3.8) is 0 Å². The topological polar surface area (TPSA) is 36.4 Å². The van der Waals surface area contributed by atoms with E-state index in [2.05, 4.69) is 9.88 Å². The van der Waals surface area contributed by atoms with E-state index in [0.29, 0.717) is 10.7 Å². The van der Waals surface area contributed by atoms with Gasteiger partial charge in [-0.15, -0.1) is 0 Å². The lowest BCUT2D eigenvalue weighted by molar-refractivity contribution is 0.202. The van der Waals surface area contributed by atoms with E-state index < -0.39 is 0 Å². The number of hydrogen-bond acceptors (Lipinski definition) is 3. The maximum atomic E-state index is 9.26. The molecule has 2 aliphatic rings. The Kier molecular flexibility index (Phi) is 3.94. The van der Waals surface area contributed by atoms with Gasteiger partial charge in [-0.25, -0.2) is 4.98 Å². The van der Waals surface area contributed by atoms with Crippen molar-refractivity contribution in [3.8, 4) is 0 Å². The van der Waals surface area contributed by atoms with Crippen LogP contribution >= 0.6 is 11.6 Å². The van der Waals surface area contributed by atoms with Gasteiger partial charge < -0.3 is 10.0 Å². The van der Waals surface area contributed by atoms with Crippen molar-refractivity contribution in [2.45, 2.75) is 38.7 Å². The molecular formula is C15H21ClN2O. The Morgan fingerprint density at radius 3 is 2.79 bits per heavy atom. The molecule has 0 aromatic carbocycles. The summed E-state index contributed by atoms with van der Waals surface area (Å²) in [6.45, 7) is 2.11. The predicted octanol–water partition coefficient (Wildman–Crippen LogP) is 3.24. The standard InChI is InChI=1S/C15H21ClN2O/c16-13-5-6-15(17-14(13)10-19)18-8-7-11-3-1-2-4-12(11)9-18/h5-6,11-12,19H,1-4,7-10H2. The minimum atomic E-state index is -0.0907. The summed E-state index contributed by atoms with van der Waals surface area (Å²) in [6, 6.07) is 3.83. The number of piperidine rings is 1. The average molecular weight is 281 g/mol. The molecule has 1 saturated heterocycles. The molecular weight excluding hydrogens is 260 g/mol. The number of nitrogens with zero attached hydrogens (tertiary/aromatic N) is 2. The third kappa shape index (κ3) is 2.72. The molecule has 2 unspecified atom stereocenters. The molecule has 2 atom stereocenters. The zero-order valence-electron chi connectivity index (χ0n) is 11.2. The summed E-state index contributed by atoms with van der Waals surface area (Å²) in [4.78, 5) is 6.86. The summed E-state index contributed by atoms with van der Waals surface area (Å²) in [5.41, 5.74) is 0.588. The first-order valence-electron chi connectivity index (χ1n) is 7.29. The van der Waals surface area contributed by atoms with Gasteiger partial charge in [-0.2, -0.15) is 0 Å². The highest BCUT2D eigenvalue weighted by molar-refractivity contribution is 6.31. The van der Waals surface area contributed by atoms with E-state index in [-0.39, 0.29) is 6.61 Å². The molecule has 4 heteroatoms. The summed E-state index contributed by atoms with van der Waals surface area (Å²) >= 11 is 6.00. The fraction of sp³-hybridized carbons (Fsp3) is 0.667.